The zero-order valence-electron chi connectivity index (χ0n) is 9.62. The summed E-state index contributed by atoms with van der Waals surface area (Å²) in [6.07, 6.45) is 11.1. The monoisotopic (exact) mass is 229 g/mol. The van der Waals surface area contributed by atoms with Gasteiger partial charge in [-0.2, -0.15) is 5.10 Å². The largest absolute Gasteiger partial charge is 0.357 e. The SMILES string of the molecule is c1cncc(-c2cnn(C3CCCCO3)c2)c1. The molecule has 0 N–H and O–H groups in total. The fourth-order valence-electron chi connectivity index (χ4n) is 2.11. The summed E-state index contributed by atoms with van der Waals surface area (Å²) in [4.78, 5) is 4.11. The van der Waals surface area contributed by atoms with E-state index in [0.29, 0.717) is 0 Å². The lowest BCUT2D eigenvalue weighted by atomic mass is 10.1. The van der Waals surface area contributed by atoms with Crippen molar-refractivity contribution in [3.63, 3.8) is 0 Å². The molecule has 2 aromatic rings. The molecule has 0 amide bonds. The predicted octanol–water partition coefficient (Wildman–Crippen LogP) is 2.64. The third kappa shape index (κ3) is 2.22. The molecule has 1 unspecified atom stereocenters. The number of hydrogen-bond acceptors (Lipinski definition) is 3. The Morgan fingerprint density at radius 3 is 3.00 bits per heavy atom. The quantitative estimate of drug-likeness (QED) is 0.794. The number of rotatable bonds is 2. The van der Waals surface area contributed by atoms with Crippen LogP contribution in [0.15, 0.2) is 36.9 Å². The number of aromatic nitrogens is 3. The summed E-state index contributed by atoms with van der Waals surface area (Å²) in [5, 5.41) is 4.38. The predicted molar refractivity (Wildman–Crippen MR) is 64.3 cm³/mol. The Kier molecular flexibility index (Phi) is 2.88. The number of pyridine rings is 1. The lowest BCUT2D eigenvalue weighted by molar-refractivity contribution is -0.0394. The van der Waals surface area contributed by atoms with Crippen LogP contribution in [0.3, 0.4) is 0 Å². The Morgan fingerprint density at radius 1 is 1.24 bits per heavy atom. The maximum absolute atomic E-state index is 5.70. The van der Waals surface area contributed by atoms with Crippen molar-refractivity contribution in [1.29, 1.82) is 0 Å². The highest BCUT2D eigenvalue weighted by molar-refractivity contribution is 5.60. The molecule has 1 fully saturated rings. The summed E-state index contributed by atoms with van der Waals surface area (Å²) >= 11 is 0. The zero-order chi connectivity index (χ0) is 11.5. The summed E-state index contributed by atoms with van der Waals surface area (Å²) in [6.45, 7) is 0.840. The van der Waals surface area contributed by atoms with Crippen LogP contribution >= 0.6 is 0 Å². The van der Waals surface area contributed by atoms with Crippen LogP contribution in [0.5, 0.6) is 0 Å². The fraction of sp³-hybridized carbons (Fsp3) is 0.385. The summed E-state index contributed by atoms with van der Waals surface area (Å²) in [7, 11) is 0. The van der Waals surface area contributed by atoms with E-state index in [9.17, 15) is 0 Å². The van der Waals surface area contributed by atoms with Gasteiger partial charge in [0.1, 0.15) is 6.23 Å². The zero-order valence-corrected chi connectivity index (χ0v) is 9.62. The molecule has 1 aliphatic heterocycles. The van der Waals surface area contributed by atoms with E-state index in [1.165, 1.54) is 6.42 Å². The Morgan fingerprint density at radius 2 is 2.24 bits per heavy atom. The van der Waals surface area contributed by atoms with E-state index in [2.05, 4.69) is 10.1 Å². The van der Waals surface area contributed by atoms with Crippen LogP contribution in [-0.2, 0) is 4.74 Å². The van der Waals surface area contributed by atoms with Crippen LogP contribution < -0.4 is 0 Å². The normalized spacial score (nSPS) is 20.4. The van der Waals surface area contributed by atoms with Crippen molar-refractivity contribution in [2.75, 3.05) is 6.61 Å². The molecular weight excluding hydrogens is 214 g/mol. The Hall–Kier alpha value is -1.68. The summed E-state index contributed by atoms with van der Waals surface area (Å²) < 4.78 is 7.62. The Labute approximate surface area is 100 Å². The van der Waals surface area contributed by atoms with Crippen LogP contribution in [-0.4, -0.2) is 21.4 Å². The number of nitrogens with zero attached hydrogens (tertiary/aromatic N) is 3. The molecule has 0 spiro atoms. The van der Waals surface area contributed by atoms with E-state index in [4.69, 9.17) is 4.74 Å². The highest BCUT2D eigenvalue weighted by atomic mass is 16.5. The molecule has 1 aliphatic rings. The molecule has 4 nitrogen and oxygen atoms in total. The van der Waals surface area contributed by atoms with Crippen LogP contribution in [0.2, 0.25) is 0 Å². The van der Waals surface area contributed by atoms with Crippen molar-refractivity contribution in [3.8, 4) is 11.1 Å². The Bertz CT molecular complexity index is 474. The first-order valence-corrected chi connectivity index (χ1v) is 5.99. The van der Waals surface area contributed by atoms with Gasteiger partial charge in [0.25, 0.3) is 0 Å². The van der Waals surface area contributed by atoms with E-state index in [1.54, 1.807) is 6.20 Å². The first-order valence-electron chi connectivity index (χ1n) is 5.99. The smallest absolute Gasteiger partial charge is 0.150 e. The minimum atomic E-state index is 0.106. The maximum atomic E-state index is 5.70. The van der Waals surface area contributed by atoms with E-state index >= 15 is 0 Å². The minimum Gasteiger partial charge on any atom is -0.357 e. The van der Waals surface area contributed by atoms with Crippen molar-refractivity contribution in [2.45, 2.75) is 25.5 Å². The molecule has 3 rings (SSSR count). The van der Waals surface area contributed by atoms with E-state index < -0.39 is 0 Å². The van der Waals surface area contributed by atoms with Crippen LogP contribution in [0.1, 0.15) is 25.5 Å². The lowest BCUT2D eigenvalue weighted by Crippen LogP contribution is -2.18. The number of ether oxygens (including phenoxy) is 1. The van der Waals surface area contributed by atoms with Gasteiger partial charge in [-0.25, -0.2) is 4.68 Å². The molecule has 17 heavy (non-hydrogen) atoms. The van der Waals surface area contributed by atoms with Gasteiger partial charge in [-0.3, -0.25) is 4.98 Å². The molecule has 0 aliphatic carbocycles. The van der Waals surface area contributed by atoms with Crippen LogP contribution in [0.25, 0.3) is 11.1 Å². The highest BCUT2D eigenvalue weighted by Crippen LogP contribution is 2.24. The van der Waals surface area contributed by atoms with Gasteiger partial charge in [-0.15, -0.1) is 0 Å². The molecule has 0 radical (unpaired) electrons. The molecule has 0 bridgehead atoms. The molecule has 1 saturated heterocycles. The summed E-state index contributed by atoms with van der Waals surface area (Å²) in [5.74, 6) is 0. The summed E-state index contributed by atoms with van der Waals surface area (Å²) in [6, 6.07) is 3.97. The third-order valence-electron chi connectivity index (χ3n) is 3.05. The van der Waals surface area contributed by atoms with E-state index in [1.807, 2.05) is 35.4 Å². The van der Waals surface area contributed by atoms with Crippen molar-refractivity contribution >= 4 is 0 Å². The van der Waals surface area contributed by atoms with E-state index in [0.717, 1.165) is 30.6 Å². The van der Waals surface area contributed by atoms with Crippen molar-refractivity contribution in [3.05, 3.63) is 36.9 Å². The van der Waals surface area contributed by atoms with Gasteiger partial charge in [0.2, 0.25) is 0 Å². The van der Waals surface area contributed by atoms with Gasteiger partial charge in [-0.05, 0) is 25.3 Å². The topological polar surface area (TPSA) is 39.9 Å². The van der Waals surface area contributed by atoms with Crippen molar-refractivity contribution < 1.29 is 4.74 Å². The second kappa shape index (κ2) is 4.67. The Balaban J connectivity index is 1.83. The van der Waals surface area contributed by atoms with E-state index in [-0.39, 0.29) is 6.23 Å². The summed E-state index contributed by atoms with van der Waals surface area (Å²) in [5.41, 5.74) is 2.18. The van der Waals surface area contributed by atoms with Gasteiger partial charge in [0, 0.05) is 36.3 Å². The minimum absolute atomic E-state index is 0.106. The van der Waals surface area contributed by atoms with Crippen LogP contribution in [0.4, 0.5) is 0 Å². The maximum Gasteiger partial charge on any atom is 0.150 e. The standard InChI is InChI=1S/C13H15N3O/c1-2-7-17-13(5-1)16-10-12(9-15-16)11-4-3-6-14-8-11/h3-4,6,8-10,13H,1-2,5,7H2. The van der Waals surface area contributed by atoms with Crippen molar-refractivity contribution in [1.82, 2.24) is 14.8 Å². The second-order valence-electron chi connectivity index (χ2n) is 4.27. The molecule has 0 aromatic carbocycles. The molecule has 4 heteroatoms. The molecular formula is C13H15N3O. The third-order valence-corrected chi connectivity index (χ3v) is 3.05. The average Bonchev–Trinajstić information content (AvgIpc) is 2.90. The van der Waals surface area contributed by atoms with Gasteiger partial charge in [-0.1, -0.05) is 6.07 Å². The average molecular weight is 229 g/mol. The second-order valence-corrected chi connectivity index (χ2v) is 4.27. The molecule has 1 atom stereocenters. The highest BCUT2D eigenvalue weighted by Gasteiger charge is 2.16. The first-order chi connectivity index (χ1) is 8.43. The molecule has 3 heterocycles. The van der Waals surface area contributed by atoms with Gasteiger partial charge in [0.15, 0.2) is 0 Å². The van der Waals surface area contributed by atoms with Crippen molar-refractivity contribution in [2.24, 2.45) is 0 Å². The van der Waals surface area contributed by atoms with Gasteiger partial charge < -0.3 is 4.74 Å². The lowest BCUT2D eigenvalue weighted by Gasteiger charge is -2.22. The fourth-order valence-corrected chi connectivity index (χ4v) is 2.11. The van der Waals surface area contributed by atoms with Gasteiger partial charge in [0.05, 0.1) is 6.20 Å². The van der Waals surface area contributed by atoms with Gasteiger partial charge >= 0.3 is 0 Å². The van der Waals surface area contributed by atoms with Crippen LogP contribution in [0, 0.1) is 0 Å². The molecule has 0 saturated carbocycles. The molecule has 2 aromatic heterocycles. The number of hydrogen-bond donors (Lipinski definition) is 0. The first kappa shape index (κ1) is 10.5. The molecule has 88 valence electrons.